The zero-order chi connectivity index (χ0) is 56.5. The predicted molar refractivity (Wildman–Crippen MR) is 350 cm³/mol. The summed E-state index contributed by atoms with van der Waals surface area (Å²) in [5.41, 5.74) is 22.3. The molecule has 0 saturated heterocycles. The molecule has 0 spiro atoms. The Morgan fingerprint density at radius 3 is 1.11 bits per heavy atom. The lowest BCUT2D eigenvalue weighted by atomic mass is 9.91. The van der Waals surface area contributed by atoms with Crippen LogP contribution in [0.4, 0.5) is 0 Å². The lowest BCUT2D eigenvalue weighted by Gasteiger charge is -2.22. The van der Waals surface area contributed by atoms with E-state index in [4.69, 9.17) is 24.9 Å². The Morgan fingerprint density at radius 1 is 0.200 bits per heavy atom. The van der Waals surface area contributed by atoms with Crippen LogP contribution in [0.15, 0.2) is 315 Å². The molecule has 0 saturated carbocycles. The minimum Gasteiger partial charge on any atom is -0.306 e. The maximum atomic E-state index is 6.08. The maximum absolute atomic E-state index is 6.08. The Morgan fingerprint density at radius 2 is 0.588 bits per heavy atom. The molecule has 6 heteroatoms. The van der Waals surface area contributed by atoms with Gasteiger partial charge in [-0.15, -0.1) is 0 Å². The normalized spacial score (nSPS) is 11.3. The molecule has 6 nitrogen and oxygen atoms in total. The fraction of sp³-hybridized carbons (Fsp3) is 0. The van der Waals surface area contributed by atoms with Crippen LogP contribution in [0.1, 0.15) is 0 Å². The van der Waals surface area contributed by atoms with Crippen molar-refractivity contribution in [1.82, 2.24) is 29.5 Å². The average Bonchev–Trinajstić information content (AvgIpc) is 2.54. The number of aromatic nitrogens is 6. The monoisotopic (exact) mass is 1080 g/mol. The summed E-state index contributed by atoms with van der Waals surface area (Å²) in [4.78, 5) is 27.7. The smallest absolute Gasteiger partial charge is 0.160 e. The van der Waals surface area contributed by atoms with E-state index in [1.807, 2.05) is 36.4 Å². The van der Waals surface area contributed by atoms with Gasteiger partial charge in [0.15, 0.2) is 5.82 Å². The second-order valence-electron chi connectivity index (χ2n) is 21.2. The van der Waals surface area contributed by atoms with Crippen molar-refractivity contribution < 1.29 is 0 Å². The van der Waals surface area contributed by atoms with E-state index in [0.29, 0.717) is 5.82 Å². The molecule has 0 aliphatic rings. The van der Waals surface area contributed by atoms with Crippen molar-refractivity contribution in [2.75, 3.05) is 0 Å². The molecule has 0 aliphatic heterocycles. The van der Waals surface area contributed by atoms with Crippen LogP contribution in [0, 0.1) is 0 Å². The van der Waals surface area contributed by atoms with Gasteiger partial charge in [-0.05, 0) is 71.3 Å². The number of rotatable bonds is 12. The molecule has 10 aromatic carbocycles. The average molecular weight is 1090 g/mol. The summed E-state index contributed by atoms with van der Waals surface area (Å²) in [5.74, 6) is 0.636. The van der Waals surface area contributed by atoms with Crippen molar-refractivity contribution >= 4 is 21.8 Å². The van der Waals surface area contributed by atoms with Crippen LogP contribution in [0.25, 0.3) is 151 Å². The van der Waals surface area contributed by atoms with Gasteiger partial charge in [-0.1, -0.05) is 261 Å². The van der Waals surface area contributed by atoms with Gasteiger partial charge in [-0.3, -0.25) is 0 Å². The van der Waals surface area contributed by atoms with Gasteiger partial charge in [0.1, 0.15) is 0 Å². The van der Waals surface area contributed by atoms with Crippen LogP contribution in [0.2, 0.25) is 0 Å². The van der Waals surface area contributed by atoms with E-state index in [2.05, 4.69) is 284 Å². The highest BCUT2D eigenvalue weighted by Crippen LogP contribution is 2.47. The van der Waals surface area contributed by atoms with Crippen LogP contribution in [0.5, 0.6) is 0 Å². The second kappa shape index (κ2) is 22.1. The quantitative estimate of drug-likeness (QED) is 0.122. The Bertz CT molecular complexity index is 4720. The summed E-state index contributed by atoms with van der Waals surface area (Å²) in [5, 5.41) is 2.25. The second-order valence-corrected chi connectivity index (χ2v) is 21.2. The third-order valence-electron chi connectivity index (χ3n) is 15.8. The van der Waals surface area contributed by atoms with E-state index in [-0.39, 0.29) is 0 Å². The van der Waals surface area contributed by atoms with Gasteiger partial charge in [-0.25, -0.2) is 24.9 Å². The number of hydrogen-bond acceptors (Lipinski definition) is 5. The first-order chi connectivity index (χ1) is 42.1. The summed E-state index contributed by atoms with van der Waals surface area (Å²) in [7, 11) is 0. The molecule has 0 atom stereocenters. The molecule has 15 aromatic rings. The van der Waals surface area contributed by atoms with Gasteiger partial charge in [0, 0.05) is 66.4 Å². The molecule has 0 bridgehead atoms. The lowest BCUT2D eigenvalue weighted by molar-refractivity contribution is 1.14. The molecule has 85 heavy (non-hydrogen) atoms. The highest BCUT2D eigenvalue weighted by molar-refractivity contribution is 6.12. The van der Waals surface area contributed by atoms with Crippen LogP contribution < -0.4 is 0 Å². The van der Waals surface area contributed by atoms with Crippen LogP contribution in [-0.4, -0.2) is 29.5 Å². The SMILES string of the molecule is c1ccc(-c2ccc3c(c2)c2ccccc2n3-c2c(-c3ccccc3-c3cc(-c4ccccc4)nc(-c4ccccc4)n3)cc(-c3cc(-c4ccccc4)nc(-c4ccccc4)c3)nc2-c2cc(-c3ccccc3)nc(-c3ccccc3)c2)cc1. The molecule has 0 fully saturated rings. The third-order valence-corrected chi connectivity index (χ3v) is 15.8. The van der Waals surface area contributed by atoms with Crippen LogP contribution in [0.3, 0.4) is 0 Å². The van der Waals surface area contributed by atoms with Crippen LogP contribution in [-0.2, 0) is 0 Å². The van der Waals surface area contributed by atoms with Gasteiger partial charge < -0.3 is 4.57 Å². The van der Waals surface area contributed by atoms with Gasteiger partial charge in [0.05, 0.1) is 62.3 Å². The van der Waals surface area contributed by atoms with Gasteiger partial charge in [0.25, 0.3) is 0 Å². The Hall–Kier alpha value is -11.5. The molecule has 0 N–H and O–H groups in total. The van der Waals surface area contributed by atoms with Crippen molar-refractivity contribution in [3.63, 3.8) is 0 Å². The van der Waals surface area contributed by atoms with E-state index >= 15 is 0 Å². The number of pyridine rings is 3. The maximum Gasteiger partial charge on any atom is 0.160 e. The topological polar surface area (TPSA) is 69.4 Å². The highest BCUT2D eigenvalue weighted by Gasteiger charge is 2.27. The van der Waals surface area contributed by atoms with Crippen molar-refractivity contribution in [3.8, 4) is 129 Å². The molecule has 398 valence electrons. The minimum absolute atomic E-state index is 0.636. The van der Waals surface area contributed by atoms with E-state index in [0.717, 1.165) is 145 Å². The van der Waals surface area contributed by atoms with E-state index in [9.17, 15) is 0 Å². The van der Waals surface area contributed by atoms with Crippen molar-refractivity contribution in [2.45, 2.75) is 0 Å². The van der Waals surface area contributed by atoms with E-state index < -0.39 is 0 Å². The standard InChI is InChI=1S/C79H52N6/c1-8-26-53(27-9-1)60-44-45-76-66(46-60)65-42-24-25-43-75(65)85(76)78-67(63-40-22-23-41-64(63)74-52-73(58-36-18-6-19-37-58)83-79(84-74)59-38-20-7-21-39-59)51-72(61-47-68(54-28-10-2-11-29-54)80-69(48-61)55-30-12-3-13-31-55)82-77(78)62-49-70(56-32-14-4-15-33-56)81-71(50-62)57-34-16-5-17-35-57/h1-52H. The summed E-state index contributed by atoms with van der Waals surface area (Å²) >= 11 is 0. The number of benzene rings is 10. The molecule has 0 amide bonds. The third kappa shape index (κ3) is 9.84. The van der Waals surface area contributed by atoms with E-state index in [1.54, 1.807) is 0 Å². The molecule has 15 rings (SSSR count). The Kier molecular flexibility index (Phi) is 13.1. The summed E-state index contributed by atoms with van der Waals surface area (Å²) in [6.45, 7) is 0. The fourth-order valence-corrected chi connectivity index (χ4v) is 11.7. The zero-order valence-electron chi connectivity index (χ0n) is 46.2. The first-order valence-corrected chi connectivity index (χ1v) is 28.6. The van der Waals surface area contributed by atoms with Crippen molar-refractivity contribution in [2.24, 2.45) is 0 Å². The fourth-order valence-electron chi connectivity index (χ4n) is 11.7. The Balaban J connectivity index is 1.10. The zero-order valence-corrected chi connectivity index (χ0v) is 46.2. The summed E-state index contributed by atoms with van der Waals surface area (Å²) < 4.78 is 2.45. The first-order valence-electron chi connectivity index (χ1n) is 28.6. The largest absolute Gasteiger partial charge is 0.306 e. The minimum atomic E-state index is 0.636. The molecular formula is C79H52N6. The molecule has 5 heterocycles. The first kappa shape index (κ1) is 50.5. The van der Waals surface area contributed by atoms with Crippen molar-refractivity contribution in [3.05, 3.63) is 315 Å². The van der Waals surface area contributed by atoms with Gasteiger partial charge >= 0.3 is 0 Å². The Labute approximate surface area is 493 Å². The van der Waals surface area contributed by atoms with E-state index in [1.165, 1.54) is 0 Å². The summed E-state index contributed by atoms with van der Waals surface area (Å²) in [6.07, 6.45) is 0. The predicted octanol–water partition coefficient (Wildman–Crippen LogP) is 20.1. The number of hydrogen-bond donors (Lipinski definition) is 0. The molecule has 0 aliphatic carbocycles. The number of para-hydroxylation sites is 1. The molecule has 0 radical (unpaired) electrons. The lowest BCUT2D eigenvalue weighted by Crippen LogP contribution is -2.06. The van der Waals surface area contributed by atoms with Gasteiger partial charge in [-0.2, -0.15) is 0 Å². The number of nitrogens with zero attached hydrogens (tertiary/aromatic N) is 6. The molecule has 0 unspecified atom stereocenters. The highest BCUT2D eigenvalue weighted by atomic mass is 15.0. The molecular weight excluding hydrogens is 1030 g/mol. The van der Waals surface area contributed by atoms with Crippen LogP contribution >= 0.6 is 0 Å². The number of fused-ring (bicyclic) bond motifs is 3. The molecule has 5 aromatic heterocycles. The van der Waals surface area contributed by atoms with Gasteiger partial charge in [0.2, 0.25) is 0 Å². The van der Waals surface area contributed by atoms with Crippen molar-refractivity contribution in [1.29, 1.82) is 0 Å². The summed E-state index contributed by atoms with van der Waals surface area (Å²) in [6, 6.07) is 111.